The zero-order valence-electron chi connectivity index (χ0n) is 8.74. The Hall–Kier alpha value is -0.640. The molecule has 0 aromatic carbocycles. The molecule has 0 aromatic heterocycles. The zero-order chi connectivity index (χ0) is 11.2. The Balaban J connectivity index is 4.92. The van der Waals surface area contributed by atoms with Gasteiger partial charge in [-0.05, 0) is 12.8 Å². The van der Waals surface area contributed by atoms with Gasteiger partial charge in [0, 0.05) is 5.41 Å². The van der Waals surface area contributed by atoms with Crippen LogP contribution in [0, 0.1) is 5.41 Å². The Morgan fingerprint density at radius 2 is 1.43 bits per heavy atom. The van der Waals surface area contributed by atoms with Gasteiger partial charge < -0.3 is 15.3 Å². The summed E-state index contributed by atoms with van der Waals surface area (Å²) in [5.74, 6) is 0. The SMILES string of the molecule is C=CCC(O)(CC=C)C(C)(CO)CO. The minimum atomic E-state index is -1.18. The van der Waals surface area contributed by atoms with Gasteiger partial charge in [-0.15, -0.1) is 13.2 Å². The van der Waals surface area contributed by atoms with Gasteiger partial charge in [0.05, 0.1) is 18.8 Å². The molecular formula is C11H20O3. The van der Waals surface area contributed by atoms with Gasteiger partial charge in [0.1, 0.15) is 0 Å². The number of hydrogen-bond acceptors (Lipinski definition) is 3. The lowest BCUT2D eigenvalue weighted by Gasteiger charge is -2.42. The van der Waals surface area contributed by atoms with Crippen molar-refractivity contribution < 1.29 is 15.3 Å². The van der Waals surface area contributed by atoms with E-state index in [2.05, 4.69) is 13.2 Å². The summed E-state index contributed by atoms with van der Waals surface area (Å²) in [4.78, 5) is 0. The van der Waals surface area contributed by atoms with Crippen LogP contribution in [-0.4, -0.2) is 34.1 Å². The topological polar surface area (TPSA) is 60.7 Å². The summed E-state index contributed by atoms with van der Waals surface area (Å²) in [6, 6.07) is 0. The van der Waals surface area contributed by atoms with E-state index in [1.165, 1.54) is 0 Å². The highest BCUT2D eigenvalue weighted by Gasteiger charge is 2.44. The third-order valence-electron chi connectivity index (χ3n) is 2.79. The highest BCUT2D eigenvalue weighted by Crippen LogP contribution is 2.36. The van der Waals surface area contributed by atoms with Gasteiger partial charge in [-0.3, -0.25) is 0 Å². The van der Waals surface area contributed by atoms with E-state index < -0.39 is 11.0 Å². The van der Waals surface area contributed by atoms with Crippen LogP contribution in [0.3, 0.4) is 0 Å². The minimum absolute atomic E-state index is 0.276. The Morgan fingerprint density at radius 3 is 1.64 bits per heavy atom. The van der Waals surface area contributed by atoms with Crippen LogP contribution in [0.4, 0.5) is 0 Å². The van der Waals surface area contributed by atoms with Crippen molar-refractivity contribution in [1.29, 1.82) is 0 Å². The molecule has 0 aliphatic heterocycles. The van der Waals surface area contributed by atoms with Crippen LogP contribution in [0.15, 0.2) is 25.3 Å². The molecule has 0 heterocycles. The molecule has 0 aliphatic carbocycles. The maximum atomic E-state index is 10.3. The van der Waals surface area contributed by atoms with Gasteiger partial charge in [-0.25, -0.2) is 0 Å². The van der Waals surface area contributed by atoms with E-state index in [9.17, 15) is 15.3 Å². The fourth-order valence-corrected chi connectivity index (χ4v) is 1.40. The molecule has 0 amide bonds. The van der Waals surface area contributed by atoms with Crippen LogP contribution < -0.4 is 0 Å². The van der Waals surface area contributed by atoms with Gasteiger partial charge in [-0.2, -0.15) is 0 Å². The van der Waals surface area contributed by atoms with Gasteiger partial charge in [0.25, 0.3) is 0 Å². The van der Waals surface area contributed by atoms with E-state index in [1.54, 1.807) is 19.1 Å². The zero-order valence-corrected chi connectivity index (χ0v) is 8.74. The van der Waals surface area contributed by atoms with Crippen LogP contribution in [-0.2, 0) is 0 Å². The molecule has 0 saturated heterocycles. The summed E-state index contributed by atoms with van der Waals surface area (Å²) in [7, 11) is 0. The first kappa shape index (κ1) is 13.4. The van der Waals surface area contributed by atoms with Gasteiger partial charge in [0.2, 0.25) is 0 Å². The summed E-state index contributed by atoms with van der Waals surface area (Å²) in [5, 5.41) is 28.6. The predicted molar refractivity (Wildman–Crippen MR) is 56.9 cm³/mol. The maximum Gasteiger partial charge on any atom is 0.0813 e. The van der Waals surface area contributed by atoms with Gasteiger partial charge in [0.15, 0.2) is 0 Å². The fraction of sp³-hybridized carbons (Fsp3) is 0.636. The monoisotopic (exact) mass is 200 g/mol. The van der Waals surface area contributed by atoms with Crippen molar-refractivity contribution >= 4 is 0 Å². The van der Waals surface area contributed by atoms with E-state index >= 15 is 0 Å². The quantitative estimate of drug-likeness (QED) is 0.534. The first-order valence-electron chi connectivity index (χ1n) is 4.65. The average Bonchev–Trinajstić information content (AvgIpc) is 2.17. The molecule has 3 N–H and O–H groups in total. The average molecular weight is 200 g/mol. The Kier molecular flexibility index (Phi) is 5.05. The molecule has 3 nitrogen and oxygen atoms in total. The molecule has 0 radical (unpaired) electrons. The lowest BCUT2D eigenvalue weighted by molar-refractivity contribution is -0.119. The number of hydrogen-bond donors (Lipinski definition) is 3. The molecule has 0 rings (SSSR count). The standard InChI is InChI=1S/C11H20O3/c1-4-6-11(14,7-5-2)10(3,8-12)9-13/h4-5,12-14H,1-2,6-9H2,3H3. The molecule has 3 heteroatoms. The van der Waals surface area contributed by atoms with E-state index in [4.69, 9.17) is 0 Å². The summed E-state index contributed by atoms with van der Waals surface area (Å²) >= 11 is 0. The summed E-state index contributed by atoms with van der Waals surface area (Å²) < 4.78 is 0. The fourth-order valence-electron chi connectivity index (χ4n) is 1.40. The van der Waals surface area contributed by atoms with E-state index in [1.807, 2.05) is 0 Å². The molecule has 0 aliphatic rings. The van der Waals surface area contributed by atoms with Crippen LogP contribution in [0.25, 0.3) is 0 Å². The predicted octanol–water partition coefficient (Wildman–Crippen LogP) is 0.861. The Labute approximate surface area is 85.4 Å². The maximum absolute atomic E-state index is 10.3. The second-order valence-electron chi connectivity index (χ2n) is 3.89. The smallest absolute Gasteiger partial charge is 0.0813 e. The lowest BCUT2D eigenvalue weighted by Crippen LogP contribution is -2.50. The molecule has 0 atom stereocenters. The van der Waals surface area contributed by atoms with E-state index in [0.29, 0.717) is 12.8 Å². The van der Waals surface area contributed by atoms with Crippen molar-refractivity contribution in [2.24, 2.45) is 5.41 Å². The van der Waals surface area contributed by atoms with Crippen molar-refractivity contribution in [3.8, 4) is 0 Å². The summed E-state index contributed by atoms with van der Waals surface area (Å²) in [6.07, 6.45) is 3.79. The van der Waals surface area contributed by atoms with Crippen LogP contribution in [0.5, 0.6) is 0 Å². The number of aliphatic hydroxyl groups is 3. The first-order valence-corrected chi connectivity index (χ1v) is 4.65. The second-order valence-corrected chi connectivity index (χ2v) is 3.89. The first-order chi connectivity index (χ1) is 6.49. The third-order valence-corrected chi connectivity index (χ3v) is 2.79. The van der Waals surface area contributed by atoms with Crippen LogP contribution in [0.1, 0.15) is 19.8 Å². The largest absolute Gasteiger partial charge is 0.396 e. The molecule has 0 bridgehead atoms. The van der Waals surface area contributed by atoms with Crippen molar-refractivity contribution in [3.63, 3.8) is 0 Å². The Morgan fingerprint density at radius 1 is 1.07 bits per heavy atom. The van der Waals surface area contributed by atoms with Crippen LogP contribution >= 0.6 is 0 Å². The molecule has 14 heavy (non-hydrogen) atoms. The van der Waals surface area contributed by atoms with E-state index in [0.717, 1.165) is 0 Å². The van der Waals surface area contributed by atoms with Crippen molar-refractivity contribution in [2.45, 2.75) is 25.4 Å². The van der Waals surface area contributed by atoms with Crippen molar-refractivity contribution in [2.75, 3.05) is 13.2 Å². The third kappa shape index (κ3) is 2.44. The minimum Gasteiger partial charge on any atom is -0.396 e. The van der Waals surface area contributed by atoms with E-state index in [-0.39, 0.29) is 13.2 Å². The van der Waals surface area contributed by atoms with Crippen molar-refractivity contribution in [1.82, 2.24) is 0 Å². The molecular weight excluding hydrogens is 180 g/mol. The summed E-state index contributed by atoms with van der Waals surface area (Å²) in [5.41, 5.74) is -2.12. The van der Waals surface area contributed by atoms with Gasteiger partial charge >= 0.3 is 0 Å². The molecule has 0 saturated carbocycles. The van der Waals surface area contributed by atoms with Crippen LogP contribution in [0.2, 0.25) is 0 Å². The molecule has 0 aromatic rings. The molecule has 0 fully saturated rings. The highest BCUT2D eigenvalue weighted by molar-refractivity contribution is 5.02. The van der Waals surface area contributed by atoms with Gasteiger partial charge in [-0.1, -0.05) is 19.1 Å². The molecule has 0 spiro atoms. The number of aliphatic hydroxyl groups excluding tert-OH is 2. The Bertz CT molecular complexity index is 185. The summed E-state index contributed by atoms with van der Waals surface area (Å²) in [6.45, 7) is 8.19. The molecule has 82 valence electrons. The van der Waals surface area contributed by atoms with Crippen molar-refractivity contribution in [3.05, 3.63) is 25.3 Å². The normalized spacial score (nSPS) is 12.6. The highest BCUT2D eigenvalue weighted by atomic mass is 16.3. The number of rotatable bonds is 7. The molecule has 0 unspecified atom stereocenters. The second kappa shape index (κ2) is 5.29. The lowest BCUT2D eigenvalue weighted by atomic mass is 9.70.